The number of rotatable bonds is 6. The van der Waals surface area contributed by atoms with Crippen molar-refractivity contribution < 1.29 is 27.5 Å². The number of aryl methyl sites for hydroxylation is 1. The summed E-state index contributed by atoms with van der Waals surface area (Å²) in [5.41, 5.74) is 5.39. The van der Waals surface area contributed by atoms with Crippen LogP contribution in [0.2, 0.25) is 0 Å². The number of nitrogens with zero attached hydrogens (tertiary/aromatic N) is 6. The van der Waals surface area contributed by atoms with Gasteiger partial charge in [0.2, 0.25) is 11.8 Å². The molecule has 68 heavy (non-hydrogen) atoms. The Morgan fingerprint density at radius 2 is 0.971 bits per heavy atom. The van der Waals surface area contributed by atoms with Gasteiger partial charge in [-0.15, -0.1) is 0 Å². The highest BCUT2D eigenvalue weighted by Gasteiger charge is 2.45. The van der Waals surface area contributed by atoms with E-state index in [1.54, 1.807) is 0 Å². The molecule has 0 saturated carbocycles. The van der Waals surface area contributed by atoms with E-state index in [4.69, 9.17) is 37.4 Å². The van der Waals surface area contributed by atoms with Crippen molar-refractivity contribution in [3.63, 3.8) is 0 Å². The summed E-state index contributed by atoms with van der Waals surface area (Å²) in [5.74, 6) is 1.98. The van der Waals surface area contributed by atoms with Gasteiger partial charge in [-0.05, 0) is 65.6 Å². The third kappa shape index (κ3) is 5.74. The second-order valence-electron chi connectivity index (χ2n) is 17.2. The summed E-state index contributed by atoms with van der Waals surface area (Å²) in [6.45, 7) is 6.13. The van der Waals surface area contributed by atoms with E-state index < -0.39 is 14.5 Å². The molecule has 12 nitrogen and oxygen atoms in total. The van der Waals surface area contributed by atoms with Crippen molar-refractivity contribution in [3.8, 4) is 46.4 Å². The normalized spacial score (nSPS) is 13.9. The average Bonchev–Trinajstić information content (AvgIpc) is 4.23. The van der Waals surface area contributed by atoms with Crippen molar-refractivity contribution in [1.82, 2.24) is 18.9 Å². The summed E-state index contributed by atoms with van der Waals surface area (Å²) >= 11 is 0. The molecule has 14 heteroatoms. The minimum absolute atomic E-state index is 0.0893. The summed E-state index contributed by atoms with van der Waals surface area (Å²) in [5, 5.41) is 29.0. The van der Waals surface area contributed by atoms with Gasteiger partial charge in [-0.2, -0.15) is 10.5 Å². The molecule has 13 rings (SSSR count). The van der Waals surface area contributed by atoms with Crippen molar-refractivity contribution in [3.05, 3.63) is 179 Å². The summed E-state index contributed by atoms with van der Waals surface area (Å²) in [6.07, 6.45) is 0. The van der Waals surface area contributed by atoms with Crippen LogP contribution in [0, 0.1) is 29.6 Å². The molecule has 4 aromatic heterocycles. The van der Waals surface area contributed by atoms with E-state index in [1.807, 2.05) is 161 Å². The van der Waals surface area contributed by atoms with Crippen molar-refractivity contribution in [1.29, 1.82) is 10.5 Å². The molecule has 0 spiro atoms. The second-order valence-corrected chi connectivity index (χ2v) is 17.2. The number of hydrogen-bond acceptors (Lipinski definition) is 10. The van der Waals surface area contributed by atoms with Gasteiger partial charge >= 0.3 is 14.5 Å². The van der Waals surface area contributed by atoms with Crippen LogP contribution in [-0.4, -0.2) is 33.4 Å². The van der Waals surface area contributed by atoms with E-state index in [-0.39, 0.29) is 28.8 Å². The fraction of sp³-hybridized carbons (Fsp3) is 0.0741. The Kier molecular flexibility index (Phi) is 8.63. The van der Waals surface area contributed by atoms with E-state index in [2.05, 4.69) is 26.0 Å². The first-order valence-electron chi connectivity index (χ1n) is 22.2. The number of fused-ring (bicyclic) bond motifs is 9. The maximum absolute atomic E-state index is 11.7. The lowest BCUT2D eigenvalue weighted by Gasteiger charge is -2.18. The molecule has 2 aliphatic rings. The standard InChI is InChI=1S/C54H34B2N6O6/c1-30(2)47-45-46(50(61(47)55-65-41-20-10-11-21-42(41)66-55)38(29-58)54-60-40-27-25-33-16-6-9-19-36(33)52(40)64-54)48(34-17-7-4-14-31(34)3)62(56-67-43-22-12-13-23-44(43)68-56)49(45)37(28-57)53-59-39-26-24-32-15-5-8-18-35(32)51(39)63-53/h4-27,30H,1-3H3/b49-37-,50-38-. The van der Waals surface area contributed by atoms with Crippen molar-refractivity contribution in [2.45, 2.75) is 26.7 Å². The Labute approximate surface area is 388 Å². The number of oxazole rings is 2. The molecule has 0 radical (unpaired) electrons. The first-order valence-corrected chi connectivity index (χ1v) is 22.2. The van der Waals surface area contributed by atoms with E-state index >= 15 is 0 Å². The van der Waals surface area contributed by atoms with Gasteiger partial charge in [-0.25, -0.2) is 9.97 Å². The number of aromatic nitrogens is 4. The lowest BCUT2D eigenvalue weighted by Crippen LogP contribution is -2.45. The molecule has 0 unspecified atom stereocenters. The largest absolute Gasteiger partial charge is 0.743 e. The first kappa shape index (κ1) is 39.3. The minimum Gasteiger partial charge on any atom is -0.503 e. The van der Waals surface area contributed by atoms with Gasteiger partial charge in [-0.1, -0.05) is 123 Å². The zero-order chi connectivity index (χ0) is 45.8. The van der Waals surface area contributed by atoms with Crippen LogP contribution in [0.15, 0.2) is 154 Å². The second kappa shape index (κ2) is 15.0. The zero-order valence-electron chi connectivity index (χ0n) is 36.7. The highest BCUT2D eigenvalue weighted by atomic mass is 16.6. The van der Waals surface area contributed by atoms with Crippen molar-refractivity contribution in [2.24, 2.45) is 0 Å². The highest BCUT2D eigenvalue weighted by molar-refractivity contribution is 6.49. The SMILES string of the molecule is Cc1ccccc1-c1c2/c(=C(\C#N)c3nc4ccc5ccccc5c4o3)n(B3Oc4ccccc4O3)c(C(C)C)c2/c(=C(\C#N)c2nc3ccc4ccccc4c3o2)n1B1Oc2ccccc2O1. The van der Waals surface area contributed by atoms with E-state index in [0.717, 1.165) is 32.7 Å². The Morgan fingerprint density at radius 1 is 0.529 bits per heavy atom. The van der Waals surface area contributed by atoms with Gasteiger partial charge < -0.3 is 36.4 Å². The van der Waals surface area contributed by atoms with E-state index in [0.29, 0.717) is 78.1 Å². The predicted octanol–water partition coefficient (Wildman–Crippen LogP) is 10.2. The van der Waals surface area contributed by atoms with Crippen LogP contribution in [0.1, 0.15) is 42.8 Å². The van der Waals surface area contributed by atoms with Crippen LogP contribution >= 0.6 is 0 Å². The lowest BCUT2D eigenvalue weighted by molar-refractivity contribution is 0.473. The van der Waals surface area contributed by atoms with Crippen LogP contribution in [0.5, 0.6) is 23.0 Å². The molecule has 0 aliphatic carbocycles. The molecule has 0 atom stereocenters. The molecule has 6 heterocycles. The summed E-state index contributed by atoms with van der Waals surface area (Å²) < 4.78 is 44.2. The monoisotopic (exact) mass is 884 g/mol. The average molecular weight is 885 g/mol. The van der Waals surface area contributed by atoms with Crippen LogP contribution in [-0.2, 0) is 0 Å². The minimum atomic E-state index is -1.15. The molecule has 0 amide bonds. The van der Waals surface area contributed by atoms with Gasteiger partial charge in [-0.3, -0.25) is 0 Å². The Balaban J connectivity index is 1.27. The van der Waals surface area contributed by atoms with Crippen LogP contribution in [0.25, 0.3) is 76.9 Å². The maximum atomic E-state index is 11.7. The molecular formula is C54H34B2N6O6. The number of para-hydroxylation sites is 4. The topological polar surface area (TPSA) is 146 Å². The Hall–Kier alpha value is -9.13. The lowest BCUT2D eigenvalue weighted by atomic mass is 9.99. The van der Waals surface area contributed by atoms with Crippen LogP contribution < -0.4 is 29.3 Å². The quantitative estimate of drug-likeness (QED) is 0.148. The summed E-state index contributed by atoms with van der Waals surface area (Å²) in [7, 11) is -2.26. The third-order valence-electron chi connectivity index (χ3n) is 12.9. The van der Waals surface area contributed by atoms with Gasteiger partial charge in [0.05, 0.1) is 16.4 Å². The molecule has 322 valence electrons. The predicted molar refractivity (Wildman–Crippen MR) is 260 cm³/mol. The summed E-state index contributed by atoms with van der Waals surface area (Å²) in [6, 6.07) is 51.5. The first-order chi connectivity index (χ1) is 33.4. The molecular weight excluding hydrogens is 850 g/mol. The molecule has 0 fully saturated rings. The molecule has 2 aliphatic heterocycles. The fourth-order valence-corrected chi connectivity index (χ4v) is 9.93. The van der Waals surface area contributed by atoms with Gasteiger partial charge in [0.1, 0.15) is 57.3 Å². The number of hydrogen-bond donors (Lipinski definition) is 0. The van der Waals surface area contributed by atoms with Crippen LogP contribution in [0.3, 0.4) is 0 Å². The van der Waals surface area contributed by atoms with Gasteiger partial charge in [0.15, 0.2) is 11.2 Å². The smallest absolute Gasteiger partial charge is 0.503 e. The zero-order valence-corrected chi connectivity index (χ0v) is 36.7. The molecule has 0 bridgehead atoms. The maximum Gasteiger partial charge on any atom is 0.743 e. The number of nitriles is 2. The molecule has 11 aromatic rings. The van der Waals surface area contributed by atoms with Crippen LogP contribution in [0.4, 0.5) is 0 Å². The van der Waals surface area contributed by atoms with Crippen molar-refractivity contribution >= 4 is 80.2 Å². The summed E-state index contributed by atoms with van der Waals surface area (Å²) in [4.78, 5) is 10.0. The Morgan fingerprint density at radius 3 is 1.46 bits per heavy atom. The molecule has 0 N–H and O–H groups in total. The Bertz CT molecular complexity index is 3990. The fourth-order valence-electron chi connectivity index (χ4n) is 9.93. The van der Waals surface area contributed by atoms with E-state index in [1.165, 1.54) is 0 Å². The highest BCUT2D eigenvalue weighted by Crippen LogP contribution is 2.41. The van der Waals surface area contributed by atoms with Crippen molar-refractivity contribution in [2.75, 3.05) is 0 Å². The van der Waals surface area contributed by atoms with E-state index in [9.17, 15) is 10.5 Å². The molecule has 0 saturated heterocycles. The molecule has 7 aromatic carbocycles. The number of benzene rings is 7. The van der Waals surface area contributed by atoms with Gasteiger partial charge in [0.25, 0.3) is 0 Å². The van der Waals surface area contributed by atoms with Gasteiger partial charge in [0, 0.05) is 32.8 Å². The third-order valence-corrected chi connectivity index (χ3v) is 12.9.